The van der Waals surface area contributed by atoms with E-state index in [1.165, 1.54) is 0 Å². The standard InChI is InChI=1S/C33H40ClN3O4S/c1-2-3-7-22-35-33(39)31(23-26-8-5-4-6-9-26)37(24-27-10-15-28(34)16-11-27)32(38)21-14-25-12-19-30(20-13-25)42(40,41)36-29-17-18-29/h4-6,8-13,15-16,19-20,29,31,36H,2-3,7,14,17-18,21-24H2,1H3,(H,35,39). The first-order chi connectivity index (χ1) is 20.2. The third kappa shape index (κ3) is 9.68. The van der Waals surface area contributed by atoms with Gasteiger partial charge in [0.05, 0.1) is 4.90 Å². The van der Waals surface area contributed by atoms with Crippen molar-refractivity contribution >= 4 is 33.4 Å². The highest BCUT2D eigenvalue weighted by Crippen LogP contribution is 2.23. The molecule has 0 aromatic heterocycles. The maximum Gasteiger partial charge on any atom is 0.243 e. The number of halogens is 1. The molecule has 1 aliphatic carbocycles. The second-order valence-electron chi connectivity index (χ2n) is 10.9. The molecule has 3 aromatic carbocycles. The molecule has 1 unspecified atom stereocenters. The summed E-state index contributed by atoms with van der Waals surface area (Å²) in [6.45, 7) is 2.94. The quantitative estimate of drug-likeness (QED) is 0.205. The molecule has 42 heavy (non-hydrogen) atoms. The van der Waals surface area contributed by atoms with Crippen molar-refractivity contribution in [3.8, 4) is 0 Å². The monoisotopic (exact) mass is 609 g/mol. The lowest BCUT2D eigenvalue weighted by molar-refractivity contribution is -0.141. The lowest BCUT2D eigenvalue weighted by Crippen LogP contribution is -2.50. The SMILES string of the molecule is CCCCCNC(=O)C(Cc1ccccc1)N(Cc1ccc(Cl)cc1)C(=O)CCc1ccc(S(=O)(=O)NC2CC2)cc1. The summed E-state index contributed by atoms with van der Waals surface area (Å²) in [4.78, 5) is 29.4. The lowest BCUT2D eigenvalue weighted by Gasteiger charge is -2.32. The van der Waals surface area contributed by atoms with Crippen LogP contribution in [-0.4, -0.2) is 43.8 Å². The third-order valence-electron chi connectivity index (χ3n) is 7.38. The van der Waals surface area contributed by atoms with Gasteiger partial charge in [-0.05, 0) is 66.6 Å². The Kier molecular flexibility index (Phi) is 11.6. The van der Waals surface area contributed by atoms with Gasteiger partial charge in [0.15, 0.2) is 0 Å². The third-order valence-corrected chi connectivity index (χ3v) is 9.17. The molecule has 2 N–H and O–H groups in total. The van der Waals surface area contributed by atoms with Crippen LogP contribution in [-0.2, 0) is 39.0 Å². The van der Waals surface area contributed by atoms with E-state index in [9.17, 15) is 18.0 Å². The molecule has 1 fully saturated rings. The maximum absolute atomic E-state index is 13.9. The van der Waals surface area contributed by atoms with Gasteiger partial charge in [0.1, 0.15) is 6.04 Å². The number of unbranched alkanes of at least 4 members (excludes halogenated alkanes) is 2. The van der Waals surface area contributed by atoms with Gasteiger partial charge < -0.3 is 10.2 Å². The summed E-state index contributed by atoms with van der Waals surface area (Å²) in [5.74, 6) is -0.323. The average molecular weight is 610 g/mol. The summed E-state index contributed by atoms with van der Waals surface area (Å²) in [5.41, 5.74) is 2.70. The summed E-state index contributed by atoms with van der Waals surface area (Å²) in [5, 5.41) is 3.66. The van der Waals surface area contributed by atoms with Gasteiger partial charge >= 0.3 is 0 Å². The second-order valence-corrected chi connectivity index (χ2v) is 13.0. The fraction of sp³-hybridized carbons (Fsp3) is 0.394. The minimum atomic E-state index is -3.54. The molecule has 0 aliphatic heterocycles. The smallest absolute Gasteiger partial charge is 0.243 e. The molecule has 2 amide bonds. The van der Waals surface area contributed by atoms with Gasteiger partial charge in [-0.1, -0.05) is 86.0 Å². The van der Waals surface area contributed by atoms with Crippen LogP contribution in [0.5, 0.6) is 0 Å². The zero-order valence-electron chi connectivity index (χ0n) is 24.1. The molecule has 9 heteroatoms. The number of benzene rings is 3. The highest BCUT2D eigenvalue weighted by molar-refractivity contribution is 7.89. The Bertz CT molecular complexity index is 1410. The van der Waals surface area contributed by atoms with Gasteiger partial charge in [-0.3, -0.25) is 9.59 Å². The highest BCUT2D eigenvalue weighted by atomic mass is 35.5. The van der Waals surface area contributed by atoms with Gasteiger partial charge in [-0.15, -0.1) is 0 Å². The van der Waals surface area contributed by atoms with Gasteiger partial charge in [0.25, 0.3) is 0 Å². The Morgan fingerprint density at radius 3 is 2.21 bits per heavy atom. The number of hydrogen-bond acceptors (Lipinski definition) is 4. The van der Waals surface area contributed by atoms with Crippen LogP contribution in [0.1, 0.15) is 62.1 Å². The topological polar surface area (TPSA) is 95.6 Å². The second kappa shape index (κ2) is 15.3. The van der Waals surface area contributed by atoms with Gasteiger partial charge in [0, 0.05) is 37.0 Å². The van der Waals surface area contributed by atoms with Crippen molar-refractivity contribution in [2.24, 2.45) is 0 Å². The van der Waals surface area contributed by atoms with E-state index in [2.05, 4.69) is 17.0 Å². The van der Waals surface area contributed by atoms with Crippen molar-refractivity contribution in [3.05, 3.63) is 101 Å². The van der Waals surface area contributed by atoms with Gasteiger partial charge in [0.2, 0.25) is 21.8 Å². The normalized spacial score (nSPS) is 13.9. The molecule has 4 rings (SSSR count). The van der Waals surface area contributed by atoms with E-state index in [1.807, 2.05) is 42.5 Å². The zero-order chi connectivity index (χ0) is 30.0. The van der Waals surface area contributed by atoms with Gasteiger partial charge in [-0.25, -0.2) is 13.1 Å². The summed E-state index contributed by atoms with van der Waals surface area (Å²) >= 11 is 6.11. The van der Waals surface area contributed by atoms with Crippen molar-refractivity contribution in [1.29, 1.82) is 0 Å². The first-order valence-electron chi connectivity index (χ1n) is 14.7. The number of nitrogens with zero attached hydrogens (tertiary/aromatic N) is 1. The highest BCUT2D eigenvalue weighted by Gasteiger charge is 2.30. The van der Waals surface area contributed by atoms with Crippen LogP contribution in [0.2, 0.25) is 5.02 Å². The fourth-order valence-electron chi connectivity index (χ4n) is 4.76. The Hall–Kier alpha value is -3.20. The van der Waals surface area contributed by atoms with Crippen LogP contribution in [0.3, 0.4) is 0 Å². The van der Waals surface area contributed by atoms with Crippen molar-refractivity contribution in [3.63, 3.8) is 0 Å². The van der Waals surface area contributed by atoms with E-state index in [4.69, 9.17) is 11.6 Å². The Balaban J connectivity index is 1.52. The molecular formula is C33H40ClN3O4S. The number of amides is 2. The molecule has 7 nitrogen and oxygen atoms in total. The summed E-state index contributed by atoms with van der Waals surface area (Å²) in [6.07, 6.45) is 5.68. The number of hydrogen-bond donors (Lipinski definition) is 2. The molecule has 3 aromatic rings. The molecular weight excluding hydrogens is 570 g/mol. The molecule has 224 valence electrons. The Labute approximate surface area is 254 Å². The van der Waals surface area contributed by atoms with E-state index in [1.54, 1.807) is 41.3 Å². The first kappa shape index (κ1) is 31.7. The summed E-state index contributed by atoms with van der Waals surface area (Å²) in [6, 6.07) is 23.0. The fourth-order valence-corrected chi connectivity index (χ4v) is 6.19. The van der Waals surface area contributed by atoms with Crippen LogP contribution in [0.25, 0.3) is 0 Å². The molecule has 0 heterocycles. The molecule has 1 atom stereocenters. The Morgan fingerprint density at radius 1 is 0.905 bits per heavy atom. The molecule has 0 spiro atoms. The minimum Gasteiger partial charge on any atom is -0.354 e. The number of carbonyl (C=O) groups excluding carboxylic acids is 2. The number of aryl methyl sites for hydroxylation is 1. The lowest BCUT2D eigenvalue weighted by atomic mass is 10.0. The van der Waals surface area contributed by atoms with E-state index in [0.29, 0.717) is 24.4 Å². The predicted molar refractivity (Wildman–Crippen MR) is 167 cm³/mol. The number of nitrogens with one attached hydrogen (secondary N) is 2. The van der Waals surface area contributed by atoms with Crippen molar-refractivity contribution in [1.82, 2.24) is 14.9 Å². The van der Waals surface area contributed by atoms with Gasteiger partial charge in [-0.2, -0.15) is 0 Å². The van der Waals surface area contributed by atoms with Crippen molar-refractivity contribution < 1.29 is 18.0 Å². The van der Waals surface area contributed by atoms with Crippen molar-refractivity contribution in [2.45, 2.75) is 81.8 Å². The molecule has 0 saturated heterocycles. The Morgan fingerprint density at radius 2 is 1.57 bits per heavy atom. The molecule has 0 bridgehead atoms. The number of carbonyl (C=O) groups is 2. The largest absolute Gasteiger partial charge is 0.354 e. The molecule has 0 radical (unpaired) electrons. The number of sulfonamides is 1. The van der Waals surface area contributed by atoms with E-state index in [-0.39, 0.29) is 35.7 Å². The zero-order valence-corrected chi connectivity index (χ0v) is 25.7. The van der Waals surface area contributed by atoms with Crippen LogP contribution >= 0.6 is 11.6 Å². The van der Waals surface area contributed by atoms with E-state index in [0.717, 1.165) is 48.8 Å². The molecule has 1 saturated carbocycles. The van der Waals surface area contributed by atoms with Crippen LogP contribution in [0.15, 0.2) is 83.8 Å². The van der Waals surface area contributed by atoms with E-state index < -0.39 is 16.1 Å². The summed E-state index contributed by atoms with van der Waals surface area (Å²) < 4.78 is 27.7. The first-order valence-corrected chi connectivity index (χ1v) is 16.6. The average Bonchev–Trinajstić information content (AvgIpc) is 3.81. The predicted octanol–water partition coefficient (Wildman–Crippen LogP) is 5.66. The van der Waals surface area contributed by atoms with Crippen molar-refractivity contribution in [2.75, 3.05) is 6.54 Å². The maximum atomic E-state index is 13.9. The minimum absolute atomic E-state index is 0.0339. The van der Waals surface area contributed by atoms with Crippen LogP contribution < -0.4 is 10.0 Å². The number of rotatable bonds is 16. The van der Waals surface area contributed by atoms with E-state index >= 15 is 0 Å². The van der Waals surface area contributed by atoms with Crippen LogP contribution in [0, 0.1) is 0 Å². The summed E-state index contributed by atoms with van der Waals surface area (Å²) in [7, 11) is -3.54. The van der Waals surface area contributed by atoms with Crippen LogP contribution in [0.4, 0.5) is 0 Å². The molecule has 1 aliphatic rings.